The highest BCUT2D eigenvalue weighted by Crippen LogP contribution is 2.31. The van der Waals surface area contributed by atoms with Crippen LogP contribution in [0.15, 0.2) is 0 Å². The Morgan fingerprint density at radius 1 is 1.06 bits per heavy atom. The van der Waals surface area contributed by atoms with Crippen molar-refractivity contribution in [1.82, 2.24) is 0 Å². The third-order valence-electron chi connectivity index (χ3n) is 3.11. The molecule has 0 spiro atoms. The van der Waals surface area contributed by atoms with Gasteiger partial charge in [-0.05, 0) is 43.3 Å². The zero-order valence-electron chi connectivity index (χ0n) is 9.30. The van der Waals surface area contributed by atoms with Gasteiger partial charge in [0, 0.05) is 12.4 Å². The standard InChI is InChI=1S/C11H19F3OS/c12-11(13,14)5-6-16-8-10-3-1-9(7-15)2-4-10/h9-10,15H,1-8H2/t9-,10+. The highest BCUT2D eigenvalue weighted by atomic mass is 32.2. The Bertz CT molecular complexity index is 188. The molecule has 0 atom stereocenters. The number of hydrogen-bond donors (Lipinski definition) is 1. The number of aliphatic hydroxyl groups excluding tert-OH is 1. The third-order valence-corrected chi connectivity index (χ3v) is 4.31. The first kappa shape index (κ1) is 14.2. The second-order valence-electron chi connectivity index (χ2n) is 4.51. The van der Waals surface area contributed by atoms with Crippen molar-refractivity contribution in [3.05, 3.63) is 0 Å². The van der Waals surface area contributed by atoms with E-state index in [0.29, 0.717) is 11.8 Å². The molecule has 1 rings (SSSR count). The van der Waals surface area contributed by atoms with E-state index in [9.17, 15) is 13.2 Å². The maximum Gasteiger partial charge on any atom is 0.389 e. The van der Waals surface area contributed by atoms with Crippen LogP contribution in [0, 0.1) is 11.8 Å². The number of thioether (sulfide) groups is 1. The molecule has 1 aliphatic rings. The van der Waals surface area contributed by atoms with E-state index in [4.69, 9.17) is 5.11 Å². The van der Waals surface area contributed by atoms with Crippen LogP contribution < -0.4 is 0 Å². The van der Waals surface area contributed by atoms with Crippen LogP contribution in [-0.4, -0.2) is 29.4 Å². The fraction of sp³-hybridized carbons (Fsp3) is 1.00. The summed E-state index contributed by atoms with van der Waals surface area (Å²) in [6.07, 6.45) is -0.512. The summed E-state index contributed by atoms with van der Waals surface area (Å²) in [6, 6.07) is 0. The maximum absolute atomic E-state index is 11.9. The van der Waals surface area contributed by atoms with Crippen molar-refractivity contribution < 1.29 is 18.3 Å². The van der Waals surface area contributed by atoms with Gasteiger partial charge in [0.2, 0.25) is 0 Å². The second-order valence-corrected chi connectivity index (χ2v) is 5.66. The molecule has 0 bridgehead atoms. The minimum absolute atomic E-state index is 0.184. The van der Waals surface area contributed by atoms with E-state index in [1.165, 1.54) is 11.8 Å². The molecule has 0 amide bonds. The molecule has 0 radical (unpaired) electrons. The summed E-state index contributed by atoms with van der Waals surface area (Å²) >= 11 is 1.41. The fourth-order valence-electron chi connectivity index (χ4n) is 2.02. The minimum atomic E-state index is -4.01. The van der Waals surface area contributed by atoms with Crippen molar-refractivity contribution in [1.29, 1.82) is 0 Å². The summed E-state index contributed by atoms with van der Waals surface area (Å²) in [5, 5.41) is 8.95. The van der Waals surface area contributed by atoms with Crippen LogP contribution in [0.3, 0.4) is 0 Å². The predicted molar refractivity (Wildman–Crippen MR) is 60.5 cm³/mol. The first-order valence-electron chi connectivity index (χ1n) is 5.76. The van der Waals surface area contributed by atoms with Gasteiger partial charge >= 0.3 is 6.18 Å². The van der Waals surface area contributed by atoms with Crippen molar-refractivity contribution in [3.63, 3.8) is 0 Å². The molecule has 5 heteroatoms. The van der Waals surface area contributed by atoms with Crippen molar-refractivity contribution in [2.75, 3.05) is 18.1 Å². The van der Waals surface area contributed by atoms with Gasteiger partial charge in [0.05, 0.1) is 6.42 Å². The normalized spacial score (nSPS) is 27.0. The molecule has 96 valence electrons. The summed E-state index contributed by atoms with van der Waals surface area (Å²) in [6.45, 7) is 0.258. The predicted octanol–water partition coefficient (Wildman–Crippen LogP) is 3.47. The molecule has 1 nitrogen and oxygen atoms in total. The Morgan fingerprint density at radius 3 is 2.12 bits per heavy atom. The first-order valence-corrected chi connectivity index (χ1v) is 6.92. The molecule has 0 unspecified atom stereocenters. The Morgan fingerprint density at radius 2 is 1.62 bits per heavy atom. The number of halogens is 3. The summed E-state index contributed by atoms with van der Waals surface area (Å²) in [5.74, 6) is 2.01. The van der Waals surface area contributed by atoms with Crippen LogP contribution in [0.5, 0.6) is 0 Å². The van der Waals surface area contributed by atoms with Gasteiger partial charge in [0.15, 0.2) is 0 Å². The lowest BCUT2D eigenvalue weighted by atomic mass is 9.83. The average Bonchev–Trinajstić information content (AvgIpc) is 2.24. The smallest absolute Gasteiger partial charge is 0.389 e. The Labute approximate surface area is 98.8 Å². The average molecular weight is 256 g/mol. The lowest BCUT2D eigenvalue weighted by molar-refractivity contribution is -0.129. The molecule has 0 aromatic heterocycles. The molecule has 1 N–H and O–H groups in total. The number of alkyl halides is 3. The maximum atomic E-state index is 11.9. The Kier molecular flexibility index (Phi) is 5.97. The summed E-state index contributed by atoms with van der Waals surface area (Å²) < 4.78 is 35.6. The first-order chi connectivity index (χ1) is 7.51. The van der Waals surface area contributed by atoms with Crippen LogP contribution in [-0.2, 0) is 0 Å². The zero-order chi connectivity index (χ0) is 12.0. The third kappa shape index (κ3) is 5.99. The lowest BCUT2D eigenvalue weighted by Gasteiger charge is -2.26. The van der Waals surface area contributed by atoms with E-state index >= 15 is 0 Å². The van der Waals surface area contributed by atoms with Crippen molar-refractivity contribution in [2.24, 2.45) is 11.8 Å². The molecular formula is C11H19F3OS. The van der Waals surface area contributed by atoms with Crippen LogP contribution in [0.4, 0.5) is 13.2 Å². The fourth-order valence-corrected chi connectivity index (χ4v) is 3.23. The van der Waals surface area contributed by atoms with Gasteiger partial charge in [0.1, 0.15) is 0 Å². The van der Waals surface area contributed by atoms with E-state index in [2.05, 4.69) is 0 Å². The van der Waals surface area contributed by atoms with Crippen molar-refractivity contribution >= 4 is 11.8 Å². The molecule has 1 fully saturated rings. The minimum Gasteiger partial charge on any atom is -0.396 e. The molecular weight excluding hydrogens is 237 g/mol. The summed E-state index contributed by atoms with van der Waals surface area (Å²) in [4.78, 5) is 0. The van der Waals surface area contributed by atoms with Gasteiger partial charge in [0.25, 0.3) is 0 Å². The number of aliphatic hydroxyl groups is 1. The van der Waals surface area contributed by atoms with Crippen molar-refractivity contribution in [3.8, 4) is 0 Å². The van der Waals surface area contributed by atoms with Gasteiger partial charge in [-0.15, -0.1) is 0 Å². The summed E-state index contributed by atoms with van der Waals surface area (Å²) in [5.41, 5.74) is 0. The van der Waals surface area contributed by atoms with Gasteiger partial charge in [-0.1, -0.05) is 0 Å². The summed E-state index contributed by atoms with van der Waals surface area (Å²) in [7, 11) is 0. The van der Waals surface area contributed by atoms with Crippen LogP contribution in [0.1, 0.15) is 32.1 Å². The van der Waals surface area contributed by atoms with E-state index in [1.807, 2.05) is 0 Å². The molecule has 0 heterocycles. The Hall–Kier alpha value is 0.100. The molecule has 0 aromatic carbocycles. The largest absolute Gasteiger partial charge is 0.396 e. The van der Waals surface area contributed by atoms with Gasteiger partial charge in [-0.3, -0.25) is 0 Å². The lowest BCUT2D eigenvalue weighted by Crippen LogP contribution is -2.19. The van der Waals surface area contributed by atoms with E-state index in [0.717, 1.165) is 31.4 Å². The van der Waals surface area contributed by atoms with Crippen LogP contribution >= 0.6 is 11.8 Å². The molecule has 1 aliphatic carbocycles. The van der Waals surface area contributed by atoms with E-state index < -0.39 is 12.6 Å². The van der Waals surface area contributed by atoms with E-state index in [1.54, 1.807) is 0 Å². The monoisotopic (exact) mass is 256 g/mol. The Balaban J connectivity index is 2.02. The zero-order valence-corrected chi connectivity index (χ0v) is 10.1. The molecule has 16 heavy (non-hydrogen) atoms. The van der Waals surface area contributed by atoms with Gasteiger partial charge < -0.3 is 5.11 Å². The number of hydrogen-bond acceptors (Lipinski definition) is 2. The van der Waals surface area contributed by atoms with Crippen LogP contribution in [0.25, 0.3) is 0 Å². The van der Waals surface area contributed by atoms with Gasteiger partial charge in [-0.25, -0.2) is 0 Å². The highest BCUT2D eigenvalue weighted by Gasteiger charge is 2.26. The van der Waals surface area contributed by atoms with Crippen LogP contribution in [0.2, 0.25) is 0 Å². The highest BCUT2D eigenvalue weighted by molar-refractivity contribution is 7.99. The van der Waals surface area contributed by atoms with Gasteiger partial charge in [-0.2, -0.15) is 24.9 Å². The second kappa shape index (κ2) is 6.74. The SMILES string of the molecule is OC[C@H]1CC[C@@H](CSCCC(F)(F)F)CC1. The molecule has 0 aromatic rings. The topological polar surface area (TPSA) is 20.2 Å². The van der Waals surface area contributed by atoms with Crippen molar-refractivity contribution in [2.45, 2.75) is 38.3 Å². The molecule has 1 saturated carbocycles. The molecule has 0 aliphatic heterocycles. The van der Waals surface area contributed by atoms with E-state index in [-0.39, 0.29) is 12.4 Å². The quantitative estimate of drug-likeness (QED) is 0.760. The number of rotatable bonds is 5. The molecule has 0 saturated heterocycles.